The molecule has 4 atom stereocenters. The van der Waals surface area contributed by atoms with Gasteiger partial charge in [0.2, 0.25) is 0 Å². The molecule has 0 heterocycles. The normalized spacial score (nSPS) is 34.7. The van der Waals surface area contributed by atoms with Crippen LogP contribution in [0.2, 0.25) is 0 Å². The zero-order valence-corrected chi connectivity index (χ0v) is 15.3. The van der Waals surface area contributed by atoms with Crippen LogP contribution in [-0.2, 0) is 11.2 Å². The lowest BCUT2D eigenvalue weighted by atomic mass is 9.55. The van der Waals surface area contributed by atoms with Crippen LogP contribution >= 0.6 is 0 Å². The third-order valence-corrected chi connectivity index (χ3v) is 6.99. The van der Waals surface area contributed by atoms with Crippen LogP contribution in [0.1, 0.15) is 69.9 Å². The summed E-state index contributed by atoms with van der Waals surface area (Å²) in [4.78, 5) is 12.4. The molecule has 3 aliphatic carbocycles. The number of hydrogen-bond acceptors (Lipinski definition) is 2. The summed E-state index contributed by atoms with van der Waals surface area (Å²) < 4.78 is 5.92. The molecule has 0 unspecified atom stereocenters. The zero-order chi connectivity index (χ0) is 16.9. The number of rotatable bonds is 3. The van der Waals surface area contributed by atoms with Gasteiger partial charge >= 0.3 is 0 Å². The van der Waals surface area contributed by atoms with Gasteiger partial charge in [0.15, 0.2) is 0 Å². The van der Waals surface area contributed by atoms with Gasteiger partial charge < -0.3 is 4.74 Å². The summed E-state index contributed by atoms with van der Waals surface area (Å²) in [6.45, 7) is 7.41. The molecule has 0 aromatic heterocycles. The Labute approximate surface area is 146 Å². The monoisotopic (exact) mass is 326 g/mol. The minimum absolute atomic E-state index is 0.0149. The number of carbonyl (C=O) groups is 1. The number of ketones is 1. The van der Waals surface area contributed by atoms with Crippen molar-refractivity contribution in [2.45, 2.75) is 65.2 Å². The Bertz CT molecular complexity index is 647. The van der Waals surface area contributed by atoms with E-state index in [0.717, 1.165) is 38.0 Å². The first-order valence-electron chi connectivity index (χ1n) is 9.78. The van der Waals surface area contributed by atoms with Crippen molar-refractivity contribution in [3.8, 4) is 5.75 Å². The van der Waals surface area contributed by atoms with E-state index in [0.29, 0.717) is 29.5 Å². The van der Waals surface area contributed by atoms with Gasteiger partial charge in [0, 0.05) is 11.8 Å². The van der Waals surface area contributed by atoms with Crippen LogP contribution in [0, 0.1) is 23.2 Å². The Hall–Kier alpha value is -1.31. The first kappa shape index (κ1) is 16.2. The van der Waals surface area contributed by atoms with Crippen molar-refractivity contribution >= 4 is 5.78 Å². The molecule has 0 radical (unpaired) electrons. The third kappa shape index (κ3) is 2.50. The molecule has 3 aliphatic rings. The van der Waals surface area contributed by atoms with E-state index in [2.05, 4.69) is 39.0 Å². The molecule has 4 rings (SSSR count). The molecule has 2 saturated carbocycles. The fourth-order valence-corrected chi connectivity index (χ4v) is 5.68. The molecule has 0 bridgehead atoms. The summed E-state index contributed by atoms with van der Waals surface area (Å²) in [6, 6.07) is 6.76. The van der Waals surface area contributed by atoms with E-state index in [9.17, 15) is 4.79 Å². The molecule has 2 fully saturated rings. The Morgan fingerprint density at radius 2 is 2.04 bits per heavy atom. The van der Waals surface area contributed by atoms with Gasteiger partial charge in [-0.3, -0.25) is 4.79 Å². The summed E-state index contributed by atoms with van der Waals surface area (Å²) in [5.41, 5.74) is 3.02. The standard InChI is InChI=1S/C22H30O2/c1-14(2)13-24-16-5-7-17-15(12-16)4-6-19-18(17)10-11-22(3)20(19)8-9-21(22)23/h5,7,12,14,18-20H,4,6,8-11,13H2,1-3H3/t18-,19-,20+,22+/m1/s1. The Balaban J connectivity index is 1.58. The molecule has 130 valence electrons. The van der Waals surface area contributed by atoms with E-state index in [-0.39, 0.29) is 5.41 Å². The van der Waals surface area contributed by atoms with Gasteiger partial charge in [-0.05, 0) is 79.0 Å². The maximum Gasteiger partial charge on any atom is 0.139 e. The van der Waals surface area contributed by atoms with Crippen LogP contribution in [0.25, 0.3) is 0 Å². The smallest absolute Gasteiger partial charge is 0.139 e. The lowest BCUT2D eigenvalue weighted by molar-refractivity contribution is -0.129. The highest BCUT2D eigenvalue weighted by atomic mass is 16.5. The van der Waals surface area contributed by atoms with Crippen LogP contribution < -0.4 is 4.74 Å². The van der Waals surface area contributed by atoms with Gasteiger partial charge in [0.1, 0.15) is 11.5 Å². The van der Waals surface area contributed by atoms with Crippen LogP contribution in [-0.4, -0.2) is 12.4 Å². The molecule has 24 heavy (non-hydrogen) atoms. The number of aryl methyl sites for hydroxylation is 1. The van der Waals surface area contributed by atoms with Gasteiger partial charge in [0.25, 0.3) is 0 Å². The van der Waals surface area contributed by atoms with Crippen LogP contribution in [0.4, 0.5) is 0 Å². The van der Waals surface area contributed by atoms with E-state index in [1.807, 2.05) is 0 Å². The van der Waals surface area contributed by atoms with Crippen molar-refractivity contribution in [2.75, 3.05) is 6.61 Å². The molecule has 1 aromatic carbocycles. The summed E-state index contributed by atoms with van der Waals surface area (Å²) in [6.07, 6.45) is 6.61. The maximum atomic E-state index is 12.4. The molecule has 2 nitrogen and oxygen atoms in total. The minimum atomic E-state index is -0.0149. The fourth-order valence-electron chi connectivity index (χ4n) is 5.68. The Morgan fingerprint density at radius 3 is 2.83 bits per heavy atom. The maximum absolute atomic E-state index is 12.4. The number of benzene rings is 1. The van der Waals surface area contributed by atoms with E-state index in [4.69, 9.17) is 4.74 Å². The highest BCUT2D eigenvalue weighted by Gasteiger charge is 2.54. The number of ether oxygens (including phenoxy) is 1. The second kappa shape index (κ2) is 5.89. The number of Topliss-reactive ketones (excluding diaryl/α,β-unsaturated/α-hetero) is 1. The van der Waals surface area contributed by atoms with Crippen molar-refractivity contribution in [3.63, 3.8) is 0 Å². The van der Waals surface area contributed by atoms with Crippen LogP contribution in [0.5, 0.6) is 5.75 Å². The van der Waals surface area contributed by atoms with Crippen molar-refractivity contribution in [2.24, 2.45) is 23.2 Å². The van der Waals surface area contributed by atoms with Gasteiger partial charge in [-0.25, -0.2) is 0 Å². The van der Waals surface area contributed by atoms with Crippen molar-refractivity contribution in [3.05, 3.63) is 29.3 Å². The van der Waals surface area contributed by atoms with Gasteiger partial charge in [0.05, 0.1) is 6.61 Å². The Kier molecular flexibility index (Phi) is 3.97. The molecule has 0 spiro atoms. The quantitative estimate of drug-likeness (QED) is 0.768. The summed E-state index contributed by atoms with van der Waals surface area (Å²) in [5.74, 6) is 4.11. The van der Waals surface area contributed by atoms with Crippen molar-refractivity contribution < 1.29 is 9.53 Å². The second-order valence-electron chi connectivity index (χ2n) is 8.90. The molecule has 0 N–H and O–H groups in total. The SMILES string of the molecule is CC(C)COc1ccc2c(c1)CC[C@@H]1[C@@H]2CC[C@]2(C)C(=O)CC[C@@H]12. The zero-order valence-electron chi connectivity index (χ0n) is 15.3. The van der Waals surface area contributed by atoms with Gasteiger partial charge in [-0.15, -0.1) is 0 Å². The highest BCUT2D eigenvalue weighted by molar-refractivity contribution is 5.87. The van der Waals surface area contributed by atoms with Crippen LogP contribution in [0.15, 0.2) is 18.2 Å². The molecule has 2 heteroatoms. The average molecular weight is 326 g/mol. The predicted molar refractivity (Wildman–Crippen MR) is 96.4 cm³/mol. The molecule has 0 aliphatic heterocycles. The molecule has 1 aromatic rings. The Morgan fingerprint density at radius 1 is 1.21 bits per heavy atom. The first-order valence-corrected chi connectivity index (χ1v) is 9.78. The molecular weight excluding hydrogens is 296 g/mol. The predicted octanol–water partition coefficient (Wildman–Crippen LogP) is 5.15. The van der Waals surface area contributed by atoms with Gasteiger partial charge in [-0.1, -0.05) is 26.8 Å². The third-order valence-electron chi connectivity index (χ3n) is 6.99. The lowest BCUT2D eigenvalue weighted by Gasteiger charge is -2.48. The largest absolute Gasteiger partial charge is 0.493 e. The van der Waals surface area contributed by atoms with Crippen molar-refractivity contribution in [1.82, 2.24) is 0 Å². The number of fused-ring (bicyclic) bond motifs is 5. The fraction of sp³-hybridized carbons (Fsp3) is 0.682. The molecular formula is C22H30O2. The number of carbonyl (C=O) groups excluding carboxylic acids is 1. The van der Waals surface area contributed by atoms with Crippen molar-refractivity contribution in [1.29, 1.82) is 0 Å². The minimum Gasteiger partial charge on any atom is -0.493 e. The lowest BCUT2D eigenvalue weighted by Crippen LogP contribution is -2.42. The first-order chi connectivity index (χ1) is 11.5. The summed E-state index contributed by atoms with van der Waals surface area (Å²) in [7, 11) is 0. The van der Waals surface area contributed by atoms with E-state index in [1.54, 1.807) is 5.56 Å². The van der Waals surface area contributed by atoms with E-state index >= 15 is 0 Å². The van der Waals surface area contributed by atoms with E-state index < -0.39 is 0 Å². The highest BCUT2D eigenvalue weighted by Crippen LogP contribution is 2.59. The molecule has 0 amide bonds. The van der Waals surface area contributed by atoms with E-state index in [1.165, 1.54) is 18.4 Å². The van der Waals surface area contributed by atoms with Gasteiger partial charge in [-0.2, -0.15) is 0 Å². The summed E-state index contributed by atoms with van der Waals surface area (Å²) in [5, 5.41) is 0. The second-order valence-corrected chi connectivity index (χ2v) is 8.90. The van der Waals surface area contributed by atoms with Crippen LogP contribution in [0.3, 0.4) is 0 Å². The summed E-state index contributed by atoms with van der Waals surface area (Å²) >= 11 is 0. The average Bonchev–Trinajstić information content (AvgIpc) is 2.88. The molecule has 0 saturated heterocycles. The number of hydrogen-bond donors (Lipinski definition) is 0. The topological polar surface area (TPSA) is 26.3 Å².